The van der Waals surface area contributed by atoms with Gasteiger partial charge in [0.25, 0.3) is 5.91 Å². The summed E-state index contributed by atoms with van der Waals surface area (Å²) in [5.74, 6) is -0.749. The summed E-state index contributed by atoms with van der Waals surface area (Å²) in [6, 6.07) is 4.71. The minimum atomic E-state index is -0.306. The Labute approximate surface area is 109 Å². The van der Waals surface area contributed by atoms with Crippen molar-refractivity contribution in [3.63, 3.8) is 0 Å². The van der Waals surface area contributed by atoms with E-state index in [4.69, 9.17) is 23.2 Å². The Hall–Kier alpha value is -1.26. The monoisotopic (exact) mass is 274 g/mol. The first-order valence-corrected chi connectivity index (χ1v) is 5.76. The Morgan fingerprint density at radius 1 is 1.41 bits per heavy atom. The van der Waals surface area contributed by atoms with Crippen LogP contribution in [0.3, 0.4) is 0 Å². The highest BCUT2D eigenvalue weighted by Gasteiger charge is 2.17. The highest BCUT2D eigenvalue weighted by Crippen LogP contribution is 2.24. The van der Waals surface area contributed by atoms with Gasteiger partial charge >= 0.3 is 0 Å². The number of nitrogens with zero attached hydrogens (tertiary/aromatic N) is 1. The Bertz CT molecular complexity index is 449. The number of halogens is 2. The molecule has 0 saturated carbocycles. The average Bonchev–Trinajstić information content (AvgIpc) is 2.35. The predicted molar refractivity (Wildman–Crippen MR) is 69.0 cm³/mol. The third-order valence-corrected chi connectivity index (χ3v) is 2.74. The molecule has 0 aliphatic carbocycles. The standard InChI is InChI=1S/C11H12Cl2N2O2/c1-14-11(17)8-4-3-7(13)5-9(8)15(2)10(16)6-12/h3-5H,6H2,1-2H3,(H,14,17). The lowest BCUT2D eigenvalue weighted by Gasteiger charge is -2.19. The van der Waals surface area contributed by atoms with E-state index in [1.165, 1.54) is 11.9 Å². The van der Waals surface area contributed by atoms with Crippen molar-refractivity contribution in [2.75, 3.05) is 24.9 Å². The van der Waals surface area contributed by atoms with E-state index in [2.05, 4.69) is 5.32 Å². The van der Waals surface area contributed by atoms with Crippen LogP contribution in [0.5, 0.6) is 0 Å². The lowest BCUT2D eigenvalue weighted by molar-refractivity contribution is -0.116. The average molecular weight is 275 g/mol. The second kappa shape index (κ2) is 5.89. The van der Waals surface area contributed by atoms with Gasteiger partial charge in [-0.05, 0) is 18.2 Å². The number of nitrogens with one attached hydrogen (secondary N) is 1. The van der Waals surface area contributed by atoms with Crippen molar-refractivity contribution in [2.24, 2.45) is 0 Å². The SMILES string of the molecule is CNC(=O)c1ccc(Cl)cc1N(C)C(=O)CCl. The topological polar surface area (TPSA) is 49.4 Å². The Balaban J connectivity index is 3.24. The molecule has 6 heteroatoms. The molecule has 2 amide bonds. The molecule has 0 heterocycles. The van der Waals surface area contributed by atoms with Gasteiger partial charge in [-0.15, -0.1) is 11.6 Å². The minimum absolute atomic E-state index is 0.157. The van der Waals surface area contributed by atoms with Gasteiger partial charge in [0.1, 0.15) is 5.88 Å². The number of amides is 2. The first kappa shape index (κ1) is 13.8. The van der Waals surface area contributed by atoms with Crippen LogP contribution < -0.4 is 10.2 Å². The van der Waals surface area contributed by atoms with Crippen LogP contribution in [0.25, 0.3) is 0 Å². The van der Waals surface area contributed by atoms with E-state index >= 15 is 0 Å². The number of anilines is 1. The zero-order valence-electron chi connectivity index (χ0n) is 9.46. The number of carbonyl (C=O) groups is 2. The van der Waals surface area contributed by atoms with E-state index in [0.29, 0.717) is 16.3 Å². The fourth-order valence-corrected chi connectivity index (χ4v) is 1.68. The van der Waals surface area contributed by atoms with E-state index in [-0.39, 0.29) is 17.7 Å². The first-order chi connectivity index (χ1) is 8.01. The molecule has 0 saturated heterocycles. The van der Waals surface area contributed by atoms with Crippen molar-refractivity contribution in [3.05, 3.63) is 28.8 Å². The van der Waals surface area contributed by atoms with Crippen LogP contribution in [0.1, 0.15) is 10.4 Å². The van der Waals surface area contributed by atoms with Crippen LogP contribution in [-0.4, -0.2) is 31.8 Å². The Morgan fingerprint density at radius 2 is 2.06 bits per heavy atom. The summed E-state index contributed by atoms with van der Waals surface area (Å²) in [6.45, 7) is 0. The summed E-state index contributed by atoms with van der Waals surface area (Å²) in [4.78, 5) is 24.5. The molecule has 0 aliphatic heterocycles. The molecule has 1 aromatic rings. The summed E-state index contributed by atoms with van der Waals surface area (Å²) in [5, 5.41) is 2.95. The molecule has 0 spiro atoms. The quantitative estimate of drug-likeness (QED) is 0.856. The van der Waals surface area contributed by atoms with Gasteiger partial charge in [0.15, 0.2) is 0 Å². The van der Waals surface area contributed by atoms with Gasteiger partial charge in [-0.25, -0.2) is 0 Å². The second-order valence-corrected chi connectivity index (χ2v) is 4.03. The summed E-state index contributed by atoms with van der Waals surface area (Å²) in [7, 11) is 3.06. The number of carbonyl (C=O) groups excluding carboxylic acids is 2. The van der Waals surface area contributed by atoms with E-state index in [1.807, 2.05) is 0 Å². The van der Waals surface area contributed by atoms with Gasteiger partial charge in [-0.2, -0.15) is 0 Å². The third-order valence-electron chi connectivity index (χ3n) is 2.28. The number of benzene rings is 1. The minimum Gasteiger partial charge on any atom is -0.355 e. The lowest BCUT2D eigenvalue weighted by atomic mass is 10.1. The highest BCUT2D eigenvalue weighted by molar-refractivity contribution is 6.32. The first-order valence-electron chi connectivity index (χ1n) is 4.85. The van der Waals surface area contributed by atoms with Crippen LogP contribution >= 0.6 is 23.2 Å². The number of rotatable bonds is 3. The second-order valence-electron chi connectivity index (χ2n) is 3.33. The van der Waals surface area contributed by atoms with Gasteiger partial charge in [-0.1, -0.05) is 11.6 Å². The van der Waals surface area contributed by atoms with Gasteiger partial charge in [0.2, 0.25) is 5.91 Å². The molecular formula is C11H12Cl2N2O2. The van der Waals surface area contributed by atoms with Gasteiger partial charge in [0, 0.05) is 19.1 Å². The molecule has 0 unspecified atom stereocenters. The summed E-state index contributed by atoms with van der Waals surface area (Å²) >= 11 is 11.3. The van der Waals surface area contributed by atoms with E-state index in [1.54, 1.807) is 25.2 Å². The van der Waals surface area contributed by atoms with E-state index < -0.39 is 0 Å². The van der Waals surface area contributed by atoms with Crippen molar-refractivity contribution in [1.29, 1.82) is 0 Å². The molecule has 0 radical (unpaired) electrons. The van der Waals surface area contributed by atoms with Gasteiger partial charge in [0.05, 0.1) is 11.3 Å². The van der Waals surface area contributed by atoms with Gasteiger partial charge in [-0.3, -0.25) is 9.59 Å². The van der Waals surface area contributed by atoms with Crippen LogP contribution in [-0.2, 0) is 4.79 Å². The van der Waals surface area contributed by atoms with Crippen molar-refractivity contribution in [1.82, 2.24) is 5.32 Å². The lowest BCUT2D eigenvalue weighted by Crippen LogP contribution is -2.30. The number of alkyl halides is 1. The van der Waals surface area contributed by atoms with Crippen molar-refractivity contribution in [2.45, 2.75) is 0 Å². The Morgan fingerprint density at radius 3 is 2.59 bits per heavy atom. The molecule has 0 fully saturated rings. The molecular weight excluding hydrogens is 263 g/mol. The zero-order valence-corrected chi connectivity index (χ0v) is 11.0. The van der Waals surface area contributed by atoms with Crippen LogP contribution in [0.15, 0.2) is 18.2 Å². The fraction of sp³-hybridized carbons (Fsp3) is 0.273. The molecule has 0 atom stereocenters. The normalized spacial score (nSPS) is 9.88. The maximum atomic E-state index is 11.6. The maximum Gasteiger partial charge on any atom is 0.253 e. The van der Waals surface area contributed by atoms with Crippen molar-refractivity contribution >= 4 is 40.7 Å². The third kappa shape index (κ3) is 3.11. The summed E-state index contributed by atoms with van der Waals surface area (Å²) in [5.41, 5.74) is 0.806. The molecule has 92 valence electrons. The number of hydrogen-bond donors (Lipinski definition) is 1. The van der Waals surface area contributed by atoms with Crippen molar-refractivity contribution < 1.29 is 9.59 Å². The zero-order chi connectivity index (χ0) is 13.0. The molecule has 1 N–H and O–H groups in total. The molecule has 0 aliphatic rings. The summed E-state index contributed by atoms with van der Waals surface area (Å²) < 4.78 is 0. The van der Waals surface area contributed by atoms with Crippen LogP contribution in [0.2, 0.25) is 5.02 Å². The largest absolute Gasteiger partial charge is 0.355 e. The van der Waals surface area contributed by atoms with Crippen LogP contribution in [0.4, 0.5) is 5.69 Å². The molecule has 1 aromatic carbocycles. The maximum absolute atomic E-state index is 11.6. The summed E-state index contributed by atoms with van der Waals surface area (Å²) in [6.07, 6.45) is 0. The smallest absolute Gasteiger partial charge is 0.253 e. The number of hydrogen-bond acceptors (Lipinski definition) is 2. The van der Waals surface area contributed by atoms with E-state index in [0.717, 1.165) is 0 Å². The van der Waals surface area contributed by atoms with Crippen molar-refractivity contribution in [3.8, 4) is 0 Å². The van der Waals surface area contributed by atoms with Gasteiger partial charge < -0.3 is 10.2 Å². The highest BCUT2D eigenvalue weighted by atomic mass is 35.5. The van der Waals surface area contributed by atoms with Crippen LogP contribution in [0, 0.1) is 0 Å². The fourth-order valence-electron chi connectivity index (χ4n) is 1.33. The molecule has 17 heavy (non-hydrogen) atoms. The molecule has 0 aromatic heterocycles. The Kier molecular flexibility index (Phi) is 4.78. The predicted octanol–water partition coefficient (Wildman–Crippen LogP) is 1.90. The molecule has 1 rings (SSSR count). The molecule has 0 bridgehead atoms. The molecule has 4 nitrogen and oxygen atoms in total. The van der Waals surface area contributed by atoms with E-state index in [9.17, 15) is 9.59 Å².